The molecule has 0 aliphatic carbocycles. The quantitative estimate of drug-likeness (QED) is 0.607. The van der Waals surface area contributed by atoms with Gasteiger partial charge >= 0.3 is 0 Å². The SMILES string of the molecule is CC[C@H]1CCCCN1CCCNC(=O)c1cc(=O)n2c(nc3cc(C)c(C)cc32)s1. The van der Waals surface area contributed by atoms with E-state index in [0.717, 1.165) is 41.7 Å². The number of carbonyl (C=O) groups is 1. The van der Waals surface area contributed by atoms with E-state index in [0.29, 0.717) is 22.4 Å². The molecule has 3 aromatic rings. The highest BCUT2D eigenvalue weighted by Crippen LogP contribution is 2.23. The summed E-state index contributed by atoms with van der Waals surface area (Å²) in [6.07, 6.45) is 6.00. The van der Waals surface area contributed by atoms with E-state index in [9.17, 15) is 9.59 Å². The molecule has 2 aromatic heterocycles. The topological polar surface area (TPSA) is 66.7 Å². The second-order valence-electron chi connectivity index (χ2n) is 8.31. The minimum atomic E-state index is -0.209. The fraction of sp³-hybridized carbons (Fsp3) is 0.522. The van der Waals surface area contributed by atoms with Gasteiger partial charge in [-0.2, -0.15) is 0 Å². The number of amides is 1. The predicted octanol–water partition coefficient (Wildman–Crippen LogP) is 3.91. The van der Waals surface area contributed by atoms with Gasteiger partial charge in [-0.25, -0.2) is 4.98 Å². The molecule has 4 rings (SSSR count). The van der Waals surface area contributed by atoms with Crippen molar-refractivity contribution in [1.82, 2.24) is 19.6 Å². The van der Waals surface area contributed by atoms with Crippen LogP contribution in [-0.2, 0) is 0 Å². The van der Waals surface area contributed by atoms with E-state index in [4.69, 9.17) is 0 Å². The van der Waals surface area contributed by atoms with Crippen molar-refractivity contribution >= 4 is 33.2 Å². The summed E-state index contributed by atoms with van der Waals surface area (Å²) in [6, 6.07) is 6.10. The van der Waals surface area contributed by atoms with Crippen molar-refractivity contribution in [3.8, 4) is 0 Å². The molecule has 3 heterocycles. The summed E-state index contributed by atoms with van der Waals surface area (Å²) in [5.41, 5.74) is 3.64. The molecule has 6 nitrogen and oxygen atoms in total. The van der Waals surface area contributed by atoms with Gasteiger partial charge in [-0.05, 0) is 69.3 Å². The van der Waals surface area contributed by atoms with Crippen LogP contribution in [-0.4, -0.2) is 45.9 Å². The molecule has 160 valence electrons. The summed E-state index contributed by atoms with van der Waals surface area (Å²) in [5.74, 6) is -0.190. The van der Waals surface area contributed by atoms with Crippen LogP contribution in [0.2, 0.25) is 0 Å². The number of rotatable bonds is 6. The van der Waals surface area contributed by atoms with Crippen molar-refractivity contribution in [3.63, 3.8) is 0 Å². The number of nitrogens with zero attached hydrogens (tertiary/aromatic N) is 3. The summed E-state index contributed by atoms with van der Waals surface area (Å²) >= 11 is 1.27. The Hall–Kier alpha value is -2.25. The zero-order chi connectivity index (χ0) is 21.3. The van der Waals surface area contributed by atoms with Crippen molar-refractivity contribution in [2.45, 2.75) is 58.9 Å². The van der Waals surface area contributed by atoms with Gasteiger partial charge in [-0.3, -0.25) is 14.0 Å². The number of benzene rings is 1. The van der Waals surface area contributed by atoms with Gasteiger partial charge in [0.25, 0.3) is 11.5 Å². The maximum Gasteiger partial charge on any atom is 0.261 e. The average Bonchev–Trinajstić information content (AvgIpc) is 3.09. The first-order valence-electron chi connectivity index (χ1n) is 10.9. The van der Waals surface area contributed by atoms with Crippen LogP contribution in [0.15, 0.2) is 23.0 Å². The third kappa shape index (κ3) is 4.14. The first-order valence-corrected chi connectivity index (χ1v) is 11.8. The van der Waals surface area contributed by atoms with Gasteiger partial charge in [0.1, 0.15) is 4.88 Å². The van der Waals surface area contributed by atoms with Crippen LogP contribution in [0, 0.1) is 13.8 Å². The first-order chi connectivity index (χ1) is 14.5. The lowest BCUT2D eigenvalue weighted by Crippen LogP contribution is -2.40. The number of aromatic nitrogens is 2. The molecule has 0 bridgehead atoms. The summed E-state index contributed by atoms with van der Waals surface area (Å²) in [7, 11) is 0. The van der Waals surface area contributed by atoms with Gasteiger partial charge in [-0.1, -0.05) is 24.7 Å². The number of nitrogens with one attached hydrogen (secondary N) is 1. The summed E-state index contributed by atoms with van der Waals surface area (Å²) in [6.45, 7) is 9.11. The van der Waals surface area contributed by atoms with Crippen LogP contribution in [0.25, 0.3) is 16.0 Å². The lowest BCUT2D eigenvalue weighted by atomic mass is 10.00. The molecule has 7 heteroatoms. The number of hydrogen-bond acceptors (Lipinski definition) is 5. The van der Waals surface area contributed by atoms with E-state index in [1.807, 2.05) is 26.0 Å². The normalized spacial score (nSPS) is 17.6. The third-order valence-corrected chi connectivity index (χ3v) is 7.25. The Morgan fingerprint density at radius 1 is 1.23 bits per heavy atom. The molecule has 1 aliphatic rings. The van der Waals surface area contributed by atoms with Gasteiger partial charge in [0.2, 0.25) is 0 Å². The summed E-state index contributed by atoms with van der Waals surface area (Å²) < 4.78 is 1.60. The Morgan fingerprint density at radius 2 is 2.03 bits per heavy atom. The monoisotopic (exact) mass is 426 g/mol. The van der Waals surface area contributed by atoms with Crippen LogP contribution in [0.3, 0.4) is 0 Å². The Kier molecular flexibility index (Phi) is 6.20. The number of piperidine rings is 1. The highest BCUT2D eigenvalue weighted by atomic mass is 32.1. The largest absolute Gasteiger partial charge is 0.351 e. The number of carbonyl (C=O) groups excluding carboxylic acids is 1. The molecule has 0 unspecified atom stereocenters. The van der Waals surface area contributed by atoms with E-state index < -0.39 is 0 Å². The Balaban J connectivity index is 1.44. The molecular formula is C23H30N4O2S. The van der Waals surface area contributed by atoms with E-state index >= 15 is 0 Å². The molecule has 1 fully saturated rings. The molecule has 0 saturated carbocycles. The lowest BCUT2D eigenvalue weighted by molar-refractivity contribution is 0.0951. The number of hydrogen-bond donors (Lipinski definition) is 1. The molecular weight excluding hydrogens is 396 g/mol. The molecule has 1 aliphatic heterocycles. The summed E-state index contributed by atoms with van der Waals surface area (Å²) in [5, 5.41) is 2.98. The zero-order valence-electron chi connectivity index (χ0n) is 18.0. The molecule has 30 heavy (non-hydrogen) atoms. The standard InChI is InChI=1S/C23H30N4O2S/c1-4-17-8-5-6-10-26(17)11-7-9-24-22(29)20-14-21(28)27-19-13-16(3)15(2)12-18(19)25-23(27)30-20/h12-14,17H,4-11H2,1-3H3,(H,24,29)/t17-/m0/s1. The van der Waals surface area contributed by atoms with Gasteiger partial charge in [0.15, 0.2) is 4.96 Å². The highest BCUT2D eigenvalue weighted by Gasteiger charge is 2.20. The van der Waals surface area contributed by atoms with Crippen molar-refractivity contribution in [3.05, 3.63) is 44.6 Å². The van der Waals surface area contributed by atoms with Crippen molar-refractivity contribution in [2.75, 3.05) is 19.6 Å². The average molecular weight is 427 g/mol. The first kappa shape index (κ1) is 21.0. The summed E-state index contributed by atoms with van der Waals surface area (Å²) in [4.78, 5) is 33.5. The van der Waals surface area contributed by atoms with Crippen LogP contribution < -0.4 is 10.9 Å². The van der Waals surface area contributed by atoms with Gasteiger partial charge in [0.05, 0.1) is 11.0 Å². The van der Waals surface area contributed by atoms with Crippen molar-refractivity contribution in [2.24, 2.45) is 0 Å². The maximum absolute atomic E-state index is 12.7. The van der Waals surface area contributed by atoms with Crippen molar-refractivity contribution < 1.29 is 4.79 Å². The van der Waals surface area contributed by atoms with Gasteiger partial charge in [0, 0.05) is 25.2 Å². The number of aryl methyl sites for hydroxylation is 2. The van der Waals surface area contributed by atoms with Crippen LogP contribution in [0.1, 0.15) is 59.8 Å². The van der Waals surface area contributed by atoms with Gasteiger partial charge in [-0.15, -0.1) is 0 Å². The van der Waals surface area contributed by atoms with Gasteiger partial charge < -0.3 is 10.2 Å². The number of fused-ring (bicyclic) bond motifs is 3. The molecule has 1 saturated heterocycles. The molecule has 0 radical (unpaired) electrons. The van der Waals surface area contributed by atoms with Crippen LogP contribution in [0.4, 0.5) is 0 Å². The van der Waals surface area contributed by atoms with Crippen molar-refractivity contribution in [1.29, 1.82) is 0 Å². The molecule has 0 spiro atoms. The molecule has 1 aromatic carbocycles. The second kappa shape index (κ2) is 8.86. The van der Waals surface area contributed by atoms with Crippen LogP contribution >= 0.6 is 11.3 Å². The highest BCUT2D eigenvalue weighted by molar-refractivity contribution is 7.18. The predicted molar refractivity (Wildman–Crippen MR) is 123 cm³/mol. The number of likely N-dealkylation sites (tertiary alicyclic amines) is 1. The molecule has 1 atom stereocenters. The van der Waals surface area contributed by atoms with E-state index in [1.54, 1.807) is 4.40 Å². The maximum atomic E-state index is 12.7. The molecule has 1 N–H and O–H groups in total. The minimum absolute atomic E-state index is 0.190. The Morgan fingerprint density at radius 3 is 2.83 bits per heavy atom. The Bertz CT molecular complexity index is 1130. The van der Waals surface area contributed by atoms with Crippen LogP contribution in [0.5, 0.6) is 0 Å². The van der Waals surface area contributed by atoms with E-state index in [-0.39, 0.29) is 11.5 Å². The van der Waals surface area contributed by atoms with E-state index in [1.165, 1.54) is 43.1 Å². The smallest absolute Gasteiger partial charge is 0.261 e. The third-order valence-electron chi connectivity index (χ3n) is 6.27. The fourth-order valence-electron chi connectivity index (χ4n) is 4.40. The fourth-order valence-corrected chi connectivity index (χ4v) is 5.34. The zero-order valence-corrected chi connectivity index (χ0v) is 18.8. The second-order valence-corrected chi connectivity index (χ2v) is 9.32. The lowest BCUT2D eigenvalue weighted by Gasteiger charge is -2.35. The van der Waals surface area contributed by atoms with E-state index in [2.05, 4.69) is 22.1 Å². The number of imidazole rings is 1. The minimum Gasteiger partial charge on any atom is -0.351 e. The molecule has 1 amide bonds. The Labute approximate surface area is 180 Å².